The summed E-state index contributed by atoms with van der Waals surface area (Å²) in [6, 6.07) is 5.99. The molecule has 0 aliphatic rings. The second kappa shape index (κ2) is 7.92. The van der Waals surface area contributed by atoms with Crippen molar-refractivity contribution < 1.29 is 18.3 Å². The van der Waals surface area contributed by atoms with E-state index in [0.29, 0.717) is 17.1 Å². The van der Waals surface area contributed by atoms with Crippen LogP contribution in [-0.4, -0.2) is 34.2 Å². The fourth-order valence-electron chi connectivity index (χ4n) is 1.97. The summed E-state index contributed by atoms with van der Waals surface area (Å²) in [7, 11) is 3.40. The number of aryl methyl sites for hydroxylation is 1. The summed E-state index contributed by atoms with van der Waals surface area (Å²) in [6.45, 7) is -2.54. The zero-order valence-electron chi connectivity index (χ0n) is 13.1. The number of halogens is 3. The first-order valence-electron chi connectivity index (χ1n) is 7.01. The molecule has 0 bridgehead atoms. The summed E-state index contributed by atoms with van der Waals surface area (Å²) >= 11 is 6.01. The van der Waals surface area contributed by atoms with Gasteiger partial charge in [-0.2, -0.15) is 13.9 Å². The molecular weight excluding hydrogens is 340 g/mol. The lowest BCUT2D eigenvalue weighted by Crippen LogP contribution is -2.25. The van der Waals surface area contributed by atoms with E-state index in [9.17, 15) is 13.6 Å². The number of benzene rings is 1. The summed E-state index contributed by atoms with van der Waals surface area (Å²) in [5.74, 6) is -0.156. The van der Waals surface area contributed by atoms with E-state index < -0.39 is 6.61 Å². The molecule has 0 aliphatic carbocycles. The molecule has 0 atom stereocenters. The van der Waals surface area contributed by atoms with Crippen molar-refractivity contribution in [2.75, 3.05) is 7.05 Å². The molecule has 1 aromatic carbocycles. The third-order valence-corrected chi connectivity index (χ3v) is 3.61. The average molecular weight is 356 g/mol. The van der Waals surface area contributed by atoms with E-state index in [-0.39, 0.29) is 11.7 Å². The van der Waals surface area contributed by atoms with E-state index in [1.165, 1.54) is 29.3 Å². The van der Waals surface area contributed by atoms with Crippen molar-refractivity contribution in [1.29, 1.82) is 0 Å². The second-order valence-corrected chi connectivity index (χ2v) is 5.45. The first kappa shape index (κ1) is 17.9. The van der Waals surface area contributed by atoms with Crippen molar-refractivity contribution in [2.45, 2.75) is 13.2 Å². The van der Waals surface area contributed by atoms with Gasteiger partial charge >= 0.3 is 6.61 Å². The number of carbonyl (C=O) groups is 1. The van der Waals surface area contributed by atoms with Gasteiger partial charge in [0.1, 0.15) is 5.75 Å². The lowest BCUT2D eigenvalue weighted by atomic mass is 10.2. The molecule has 1 aromatic heterocycles. The third kappa shape index (κ3) is 4.79. The number of amides is 1. The van der Waals surface area contributed by atoms with E-state index in [1.807, 2.05) is 0 Å². The van der Waals surface area contributed by atoms with E-state index in [1.54, 1.807) is 37.0 Å². The van der Waals surface area contributed by atoms with Gasteiger partial charge in [-0.1, -0.05) is 23.7 Å². The van der Waals surface area contributed by atoms with Crippen LogP contribution in [0.4, 0.5) is 8.78 Å². The summed E-state index contributed by atoms with van der Waals surface area (Å²) in [4.78, 5) is 13.6. The molecule has 0 fully saturated rings. The summed E-state index contributed by atoms with van der Waals surface area (Å²) in [5.41, 5.74) is 1.42. The van der Waals surface area contributed by atoms with Crippen LogP contribution in [0.1, 0.15) is 11.3 Å². The van der Waals surface area contributed by atoms with Crippen LogP contribution in [0.5, 0.6) is 5.75 Å². The Labute approximate surface area is 143 Å². The number of nitrogens with zero attached hydrogens (tertiary/aromatic N) is 3. The minimum absolute atomic E-state index is 0.0662. The molecule has 2 aromatic rings. The number of carbonyl (C=O) groups excluding carboxylic acids is 1. The maximum absolute atomic E-state index is 12.1. The quantitative estimate of drug-likeness (QED) is 0.747. The Kier molecular flexibility index (Phi) is 5.92. The smallest absolute Gasteiger partial charge is 0.387 e. The standard InChI is InChI=1S/C16H16ClF2N3O2/c1-21(10-14-13(17)9-20-22(14)2)15(23)8-5-11-3-6-12(7-4-11)24-16(18)19/h3-9,16H,10H2,1-2H3/b8-5-. The fraction of sp³-hybridized carbons (Fsp3) is 0.250. The van der Waals surface area contributed by atoms with Gasteiger partial charge in [0.25, 0.3) is 0 Å². The highest BCUT2D eigenvalue weighted by molar-refractivity contribution is 6.31. The predicted molar refractivity (Wildman–Crippen MR) is 86.8 cm³/mol. The van der Waals surface area contributed by atoms with Crippen LogP contribution >= 0.6 is 11.6 Å². The molecule has 0 N–H and O–H groups in total. The van der Waals surface area contributed by atoms with Crippen molar-refractivity contribution in [3.8, 4) is 5.75 Å². The van der Waals surface area contributed by atoms with E-state index in [0.717, 1.165) is 5.69 Å². The Morgan fingerprint density at radius 2 is 2.08 bits per heavy atom. The van der Waals surface area contributed by atoms with Gasteiger partial charge in [-0.15, -0.1) is 0 Å². The number of rotatable bonds is 6. The van der Waals surface area contributed by atoms with Gasteiger partial charge in [0.2, 0.25) is 5.91 Å². The molecule has 1 amide bonds. The number of hydrogen-bond donors (Lipinski definition) is 0. The molecule has 5 nitrogen and oxygen atoms in total. The summed E-state index contributed by atoms with van der Waals surface area (Å²) < 4.78 is 30.0. The molecule has 2 rings (SSSR count). The maximum Gasteiger partial charge on any atom is 0.387 e. The van der Waals surface area contributed by atoms with Crippen molar-refractivity contribution in [2.24, 2.45) is 7.05 Å². The lowest BCUT2D eigenvalue weighted by molar-refractivity contribution is -0.125. The first-order chi connectivity index (χ1) is 11.4. The molecule has 8 heteroatoms. The van der Waals surface area contributed by atoms with Gasteiger partial charge in [-0.05, 0) is 23.8 Å². The van der Waals surface area contributed by atoms with Crippen LogP contribution in [0.3, 0.4) is 0 Å². The Morgan fingerprint density at radius 3 is 2.62 bits per heavy atom. The van der Waals surface area contributed by atoms with Crippen molar-refractivity contribution in [3.63, 3.8) is 0 Å². The Hall–Kier alpha value is -2.41. The van der Waals surface area contributed by atoms with Crippen LogP contribution in [-0.2, 0) is 18.4 Å². The Bertz CT molecular complexity index is 710. The molecule has 0 saturated carbocycles. The largest absolute Gasteiger partial charge is 0.435 e. The van der Waals surface area contributed by atoms with E-state index in [4.69, 9.17) is 11.6 Å². The van der Waals surface area contributed by atoms with Gasteiger partial charge in [0.15, 0.2) is 0 Å². The molecule has 128 valence electrons. The van der Waals surface area contributed by atoms with Crippen LogP contribution in [0.25, 0.3) is 6.08 Å². The Morgan fingerprint density at radius 1 is 1.42 bits per heavy atom. The minimum atomic E-state index is -2.86. The molecule has 0 spiro atoms. The van der Waals surface area contributed by atoms with Crippen molar-refractivity contribution in [1.82, 2.24) is 14.7 Å². The van der Waals surface area contributed by atoms with Crippen LogP contribution < -0.4 is 4.74 Å². The lowest BCUT2D eigenvalue weighted by Gasteiger charge is -2.15. The normalized spacial score (nSPS) is 11.2. The van der Waals surface area contributed by atoms with Crippen LogP contribution in [0.2, 0.25) is 5.02 Å². The van der Waals surface area contributed by atoms with Crippen molar-refractivity contribution in [3.05, 3.63) is 52.8 Å². The van der Waals surface area contributed by atoms with Gasteiger partial charge in [-0.25, -0.2) is 0 Å². The van der Waals surface area contributed by atoms with Gasteiger partial charge < -0.3 is 9.64 Å². The second-order valence-electron chi connectivity index (χ2n) is 5.04. The minimum Gasteiger partial charge on any atom is -0.435 e. The van der Waals surface area contributed by atoms with E-state index >= 15 is 0 Å². The molecule has 24 heavy (non-hydrogen) atoms. The number of aromatic nitrogens is 2. The van der Waals surface area contributed by atoms with Crippen molar-refractivity contribution >= 4 is 23.6 Å². The molecular formula is C16H16ClF2N3O2. The topological polar surface area (TPSA) is 47.4 Å². The zero-order valence-corrected chi connectivity index (χ0v) is 13.9. The molecule has 1 heterocycles. The van der Waals surface area contributed by atoms with Gasteiger partial charge in [-0.3, -0.25) is 9.48 Å². The highest BCUT2D eigenvalue weighted by Gasteiger charge is 2.12. The highest BCUT2D eigenvalue weighted by Crippen LogP contribution is 2.17. The SMILES string of the molecule is CN(Cc1c(Cl)cnn1C)C(=O)/C=C\c1ccc(OC(F)F)cc1. The number of alkyl halides is 2. The molecule has 0 unspecified atom stereocenters. The van der Waals surface area contributed by atoms with E-state index in [2.05, 4.69) is 9.84 Å². The summed E-state index contributed by atoms with van der Waals surface area (Å²) in [5, 5.41) is 4.51. The number of hydrogen-bond acceptors (Lipinski definition) is 3. The first-order valence-corrected chi connectivity index (χ1v) is 7.39. The highest BCUT2D eigenvalue weighted by atomic mass is 35.5. The predicted octanol–water partition coefficient (Wildman–Crippen LogP) is 3.35. The summed E-state index contributed by atoms with van der Waals surface area (Å²) in [6.07, 6.45) is 4.51. The van der Waals surface area contributed by atoms with Gasteiger partial charge in [0, 0.05) is 20.2 Å². The van der Waals surface area contributed by atoms with Crippen LogP contribution in [0, 0.1) is 0 Å². The molecule has 0 saturated heterocycles. The fourth-order valence-corrected chi connectivity index (χ4v) is 2.20. The zero-order chi connectivity index (χ0) is 17.7. The third-order valence-electron chi connectivity index (χ3n) is 3.30. The van der Waals surface area contributed by atoms with Gasteiger partial charge in [0.05, 0.1) is 23.5 Å². The average Bonchev–Trinajstić information content (AvgIpc) is 2.85. The van der Waals surface area contributed by atoms with Crippen LogP contribution in [0.15, 0.2) is 36.5 Å². The monoisotopic (exact) mass is 355 g/mol. The number of ether oxygens (including phenoxy) is 1. The maximum atomic E-state index is 12.1. The Balaban J connectivity index is 1.96. The molecule has 0 aliphatic heterocycles. The molecule has 0 radical (unpaired) electrons. The number of likely N-dealkylation sites (N-methyl/N-ethyl adjacent to an activating group) is 1.